The van der Waals surface area contributed by atoms with Gasteiger partial charge in [0, 0.05) is 0 Å². The van der Waals surface area contributed by atoms with E-state index in [1.807, 2.05) is 0 Å². The van der Waals surface area contributed by atoms with Crippen LogP contribution in [-0.2, 0) is 44.9 Å². The fourth-order valence-electron chi connectivity index (χ4n) is 5.07. The molecule has 2 aromatic rings. The van der Waals surface area contributed by atoms with Crippen molar-refractivity contribution < 1.29 is 21.3 Å². The fraction of sp³-hybridized carbons (Fsp3) is 0.393. The van der Waals surface area contributed by atoms with Crippen molar-refractivity contribution in [2.45, 2.75) is 72.1 Å². The molecule has 0 unspecified atom stereocenters. The van der Waals surface area contributed by atoms with Crippen molar-refractivity contribution in [3.05, 3.63) is 69.8 Å². The molecule has 0 bridgehead atoms. The van der Waals surface area contributed by atoms with Gasteiger partial charge in [0.2, 0.25) is 0 Å². The number of allylic oxidation sites excluding steroid dienone is 2. The van der Waals surface area contributed by atoms with Gasteiger partial charge in [-0.25, -0.2) is 0 Å². The number of rotatable bonds is 2. The normalized spacial score (nSPS) is 14.9. The van der Waals surface area contributed by atoms with E-state index in [0.29, 0.717) is 0 Å². The molecule has 0 spiro atoms. The van der Waals surface area contributed by atoms with E-state index in [1.54, 1.807) is 28.8 Å². The van der Waals surface area contributed by atoms with Crippen LogP contribution in [0.4, 0.5) is 0 Å². The van der Waals surface area contributed by atoms with Crippen LogP contribution in [0.15, 0.2) is 36.4 Å². The van der Waals surface area contributed by atoms with Crippen LogP contribution in [0.3, 0.4) is 0 Å². The molecule has 0 aliphatic heterocycles. The minimum absolute atomic E-state index is 0.201. The van der Waals surface area contributed by atoms with Crippen LogP contribution in [0.1, 0.15) is 81.8 Å². The Morgan fingerprint density at radius 2 is 1.10 bits per heavy atom. The summed E-state index contributed by atoms with van der Waals surface area (Å²) in [5.41, 5.74) is 9.68. The van der Waals surface area contributed by atoms with Crippen LogP contribution < -0.4 is 6.54 Å². The average molecular weight is 462 g/mol. The predicted molar refractivity (Wildman–Crippen MR) is 127 cm³/mol. The minimum atomic E-state index is -2.11. The Labute approximate surface area is 184 Å². The Balaban J connectivity index is 1.90. The predicted octanol–water partition coefficient (Wildman–Crippen LogP) is 5.81. The van der Waals surface area contributed by atoms with Gasteiger partial charge in [0.15, 0.2) is 0 Å². The molecule has 0 N–H and O–H groups in total. The van der Waals surface area contributed by atoms with Gasteiger partial charge in [0.25, 0.3) is 0 Å². The molecule has 0 radical (unpaired) electrons. The third-order valence-electron chi connectivity index (χ3n) is 6.41. The topological polar surface area (TPSA) is 0 Å². The third kappa shape index (κ3) is 3.65. The van der Waals surface area contributed by atoms with Gasteiger partial charge in [-0.2, -0.15) is 0 Å². The molecule has 0 atom stereocenters. The first-order valence-corrected chi connectivity index (χ1v) is 14.8. The van der Waals surface area contributed by atoms with E-state index in [2.05, 4.69) is 101 Å². The second kappa shape index (κ2) is 7.42. The second-order valence-electron chi connectivity index (χ2n) is 10.5. The molecule has 0 saturated heterocycles. The van der Waals surface area contributed by atoms with Crippen molar-refractivity contribution in [1.82, 2.24) is 0 Å². The zero-order chi connectivity index (χ0) is 21.0. The summed E-state index contributed by atoms with van der Waals surface area (Å²) in [6.45, 7) is 16.4. The number of hydrogen-bond donors (Lipinski definition) is 0. The van der Waals surface area contributed by atoms with Gasteiger partial charge >= 0.3 is 186 Å². The average Bonchev–Trinajstić information content (AvgIpc) is 3.30. The van der Waals surface area contributed by atoms with Gasteiger partial charge in [-0.1, -0.05) is 0 Å². The van der Waals surface area contributed by atoms with Crippen molar-refractivity contribution in [3.63, 3.8) is 0 Å². The summed E-state index contributed by atoms with van der Waals surface area (Å²) in [6, 6.07) is 9.83. The van der Waals surface area contributed by atoms with E-state index in [4.69, 9.17) is 0 Å². The summed E-state index contributed by atoms with van der Waals surface area (Å²) >= 11 is -2.11. The standard InChI is InChI=1S/2C13H15.C2H4.Zr/c2*1-13(2,3)12-9-5-7-10-6-4-8-11(10)12;1-2;/h2*4-6,9H,8H2,1-3H3;1H,2H3;. The fourth-order valence-corrected chi connectivity index (χ4v) is 11.2. The molecule has 1 heteroatoms. The van der Waals surface area contributed by atoms with Gasteiger partial charge in [0.05, 0.1) is 0 Å². The zero-order valence-electron chi connectivity index (χ0n) is 19.1. The molecule has 0 aromatic heterocycles. The number of benzene rings is 2. The molecule has 4 rings (SSSR count). The molecule has 150 valence electrons. The molecule has 2 aliphatic rings. The summed E-state index contributed by atoms with van der Waals surface area (Å²) in [5, 5.41) is 0. The molecule has 29 heavy (non-hydrogen) atoms. The second-order valence-corrected chi connectivity index (χ2v) is 16.6. The van der Waals surface area contributed by atoms with Crippen LogP contribution in [0.5, 0.6) is 0 Å². The zero-order valence-corrected chi connectivity index (χ0v) is 21.6. The first-order valence-electron chi connectivity index (χ1n) is 11.0. The van der Waals surface area contributed by atoms with Crippen LogP contribution in [0, 0.1) is 0 Å². The molecule has 2 aromatic carbocycles. The van der Waals surface area contributed by atoms with Crippen LogP contribution >= 0.6 is 0 Å². The van der Waals surface area contributed by atoms with E-state index in [9.17, 15) is 0 Å². The van der Waals surface area contributed by atoms with Gasteiger partial charge < -0.3 is 0 Å². The summed E-state index contributed by atoms with van der Waals surface area (Å²) in [6.07, 6.45) is 11.7. The van der Waals surface area contributed by atoms with Crippen molar-refractivity contribution in [3.8, 4) is 0 Å². The monoisotopic (exact) mass is 460 g/mol. The van der Waals surface area contributed by atoms with E-state index < -0.39 is 21.3 Å². The van der Waals surface area contributed by atoms with Crippen molar-refractivity contribution >= 4 is 22.4 Å². The van der Waals surface area contributed by atoms with Crippen molar-refractivity contribution in [1.29, 1.82) is 0 Å². The molecule has 0 amide bonds. The number of fused-ring (bicyclic) bond motifs is 2. The molecule has 0 heterocycles. The Hall–Kier alpha value is -1.33. The first-order chi connectivity index (χ1) is 13.6. The molecule has 0 nitrogen and oxygen atoms in total. The Morgan fingerprint density at radius 3 is 1.45 bits per heavy atom. The summed E-state index contributed by atoms with van der Waals surface area (Å²) in [5.74, 6) is 0. The van der Waals surface area contributed by atoms with Gasteiger partial charge in [-0.3, -0.25) is 0 Å². The van der Waals surface area contributed by atoms with Crippen LogP contribution in [0.2, 0.25) is 0 Å². The van der Waals surface area contributed by atoms with E-state index in [-0.39, 0.29) is 10.8 Å². The van der Waals surface area contributed by atoms with Gasteiger partial charge in [0.1, 0.15) is 0 Å². The van der Waals surface area contributed by atoms with Crippen molar-refractivity contribution in [2.24, 2.45) is 0 Å². The van der Waals surface area contributed by atoms with Crippen LogP contribution in [-0.4, -0.2) is 3.71 Å². The summed E-state index contributed by atoms with van der Waals surface area (Å²) in [4.78, 5) is 0. The quantitative estimate of drug-likeness (QED) is 0.529. The third-order valence-corrected chi connectivity index (χ3v) is 12.8. The summed E-state index contributed by atoms with van der Waals surface area (Å²) in [7, 11) is 0. The van der Waals surface area contributed by atoms with E-state index in [0.717, 1.165) is 12.8 Å². The van der Waals surface area contributed by atoms with E-state index in [1.165, 1.54) is 11.1 Å². The maximum absolute atomic E-state index is 2.58. The molecular weight excluding hydrogens is 428 g/mol. The molecule has 0 saturated carbocycles. The first kappa shape index (κ1) is 20.9. The SMILES string of the molecule is C[CH]=[Zr]([c]1ccc(C(C)(C)C)c2c1C=CC2)[c]1ccc(C(C)(C)C)c2c1C=CC2. The molecule has 2 aliphatic carbocycles. The Morgan fingerprint density at radius 1 is 0.690 bits per heavy atom. The van der Waals surface area contributed by atoms with Gasteiger partial charge in [-0.05, 0) is 0 Å². The maximum atomic E-state index is 2.58. The van der Waals surface area contributed by atoms with Crippen LogP contribution in [0.25, 0.3) is 12.2 Å². The van der Waals surface area contributed by atoms with E-state index >= 15 is 0 Å². The van der Waals surface area contributed by atoms with Crippen molar-refractivity contribution in [2.75, 3.05) is 0 Å². The molecule has 0 fully saturated rings. The molecular formula is C28H34Zr. The Bertz CT molecular complexity index is 979. The Kier molecular flexibility index (Phi) is 5.35. The number of hydrogen-bond acceptors (Lipinski definition) is 0. The van der Waals surface area contributed by atoms with Gasteiger partial charge in [-0.15, -0.1) is 0 Å². The summed E-state index contributed by atoms with van der Waals surface area (Å²) < 4.78 is 5.88.